The summed E-state index contributed by atoms with van der Waals surface area (Å²) in [6.45, 7) is 9.65. The number of benzene rings is 2. The maximum atomic E-state index is 11.9. The van der Waals surface area contributed by atoms with Gasteiger partial charge in [-0.15, -0.1) is 0 Å². The first-order chi connectivity index (χ1) is 17.5. The van der Waals surface area contributed by atoms with Crippen LogP contribution < -0.4 is 10.1 Å². The van der Waals surface area contributed by atoms with Gasteiger partial charge < -0.3 is 19.5 Å². The summed E-state index contributed by atoms with van der Waals surface area (Å²) in [6.07, 6.45) is 6.12. The van der Waals surface area contributed by atoms with Crippen molar-refractivity contribution in [2.45, 2.75) is 65.5 Å². The van der Waals surface area contributed by atoms with Gasteiger partial charge in [0.05, 0.1) is 11.0 Å². The number of hydrogen-bond donors (Lipinski definition) is 1. The number of piperidine rings is 1. The zero-order valence-corrected chi connectivity index (χ0v) is 22.4. The van der Waals surface area contributed by atoms with Crippen LogP contribution in [0.3, 0.4) is 0 Å². The minimum absolute atomic E-state index is 0.206. The second kappa shape index (κ2) is 13.1. The number of rotatable bonds is 12. The van der Waals surface area contributed by atoms with Crippen molar-refractivity contribution in [3.8, 4) is 5.75 Å². The molecule has 1 fully saturated rings. The van der Waals surface area contributed by atoms with E-state index in [1.807, 2.05) is 24.3 Å². The fourth-order valence-electron chi connectivity index (χ4n) is 5.01. The van der Waals surface area contributed by atoms with Crippen LogP contribution in [0.25, 0.3) is 11.0 Å². The number of aryl methyl sites for hydroxylation is 2. The lowest BCUT2D eigenvalue weighted by atomic mass is 9.92. The molecule has 1 amide bonds. The van der Waals surface area contributed by atoms with Gasteiger partial charge in [0, 0.05) is 24.5 Å². The van der Waals surface area contributed by atoms with Gasteiger partial charge in [-0.25, -0.2) is 4.98 Å². The van der Waals surface area contributed by atoms with Crippen molar-refractivity contribution in [1.82, 2.24) is 19.8 Å². The fraction of sp³-hybridized carbons (Fsp3) is 0.517. The van der Waals surface area contributed by atoms with E-state index in [0.29, 0.717) is 24.0 Å². The standard InChI is InChI=1S/C29H39ClN4O2/c1-3-16-31-28(35)13-8-23-14-19-33(20-15-23)17-5-18-34-26-7-4-6-22(2)29(26)32-27(34)21-36-25-11-9-24(30)10-12-25/h4,6-7,9-12,23H,3,5,8,13-21H2,1-2H3,(H,31,35). The molecule has 36 heavy (non-hydrogen) atoms. The van der Waals surface area contributed by atoms with Crippen LogP contribution in [0.1, 0.15) is 56.8 Å². The molecule has 3 aromatic rings. The van der Waals surface area contributed by atoms with Crippen LogP contribution in [-0.2, 0) is 17.9 Å². The van der Waals surface area contributed by atoms with Crippen LogP contribution in [0.5, 0.6) is 5.75 Å². The molecule has 194 valence electrons. The molecule has 1 saturated heterocycles. The summed E-state index contributed by atoms with van der Waals surface area (Å²) >= 11 is 6.01. The lowest BCUT2D eigenvalue weighted by molar-refractivity contribution is -0.121. The first kappa shape index (κ1) is 26.5. The summed E-state index contributed by atoms with van der Waals surface area (Å²) < 4.78 is 8.37. The van der Waals surface area contributed by atoms with Crippen LogP contribution in [0.4, 0.5) is 0 Å². The van der Waals surface area contributed by atoms with Gasteiger partial charge in [-0.05, 0) is 100 Å². The highest BCUT2D eigenvalue weighted by Crippen LogP contribution is 2.24. The van der Waals surface area contributed by atoms with Gasteiger partial charge in [-0.1, -0.05) is 30.7 Å². The third-order valence-electron chi connectivity index (χ3n) is 7.16. The summed E-state index contributed by atoms with van der Waals surface area (Å²) in [4.78, 5) is 19.4. The summed E-state index contributed by atoms with van der Waals surface area (Å²) in [6, 6.07) is 13.8. The highest BCUT2D eigenvalue weighted by atomic mass is 35.5. The molecule has 0 spiro atoms. The molecule has 0 bridgehead atoms. The quantitative estimate of drug-likeness (QED) is 0.325. The van der Waals surface area contributed by atoms with Crippen molar-refractivity contribution in [2.75, 3.05) is 26.2 Å². The number of hydrogen-bond acceptors (Lipinski definition) is 4. The van der Waals surface area contributed by atoms with E-state index < -0.39 is 0 Å². The third kappa shape index (κ3) is 7.23. The first-order valence-corrected chi connectivity index (χ1v) is 13.7. The van der Waals surface area contributed by atoms with Crippen molar-refractivity contribution >= 4 is 28.5 Å². The van der Waals surface area contributed by atoms with Crippen molar-refractivity contribution in [2.24, 2.45) is 5.92 Å². The van der Waals surface area contributed by atoms with Crippen LogP contribution in [0, 0.1) is 12.8 Å². The Balaban J connectivity index is 1.29. The Bertz CT molecular complexity index is 1120. The molecular formula is C29H39ClN4O2. The molecule has 0 atom stereocenters. The Morgan fingerprint density at radius 1 is 1.14 bits per heavy atom. The number of halogens is 1. The summed E-state index contributed by atoms with van der Waals surface area (Å²) in [5, 5.41) is 3.69. The largest absolute Gasteiger partial charge is 0.486 e. The Morgan fingerprint density at radius 3 is 2.67 bits per heavy atom. The molecule has 1 aliphatic rings. The van der Waals surface area contributed by atoms with E-state index in [2.05, 4.69) is 46.8 Å². The number of fused-ring (bicyclic) bond motifs is 1. The number of nitrogens with zero attached hydrogens (tertiary/aromatic N) is 3. The molecule has 0 aliphatic carbocycles. The molecule has 4 rings (SSSR count). The van der Waals surface area contributed by atoms with Gasteiger partial charge in [0.2, 0.25) is 5.91 Å². The number of aromatic nitrogens is 2. The van der Waals surface area contributed by atoms with Crippen molar-refractivity contribution in [3.63, 3.8) is 0 Å². The third-order valence-corrected chi connectivity index (χ3v) is 7.41. The van der Waals surface area contributed by atoms with Crippen LogP contribution in [0.15, 0.2) is 42.5 Å². The molecule has 0 unspecified atom stereocenters. The molecule has 1 aromatic heterocycles. The second-order valence-electron chi connectivity index (χ2n) is 9.89. The Labute approximate surface area is 220 Å². The fourth-order valence-corrected chi connectivity index (χ4v) is 5.14. The van der Waals surface area contributed by atoms with E-state index in [0.717, 1.165) is 69.1 Å². The number of likely N-dealkylation sites (tertiary alicyclic amines) is 1. The minimum Gasteiger partial charge on any atom is -0.486 e. The predicted octanol–water partition coefficient (Wildman–Crippen LogP) is 5.99. The van der Waals surface area contributed by atoms with Crippen molar-refractivity contribution in [1.29, 1.82) is 0 Å². The molecule has 1 aliphatic heterocycles. The topological polar surface area (TPSA) is 59.4 Å². The highest BCUT2D eigenvalue weighted by molar-refractivity contribution is 6.30. The monoisotopic (exact) mass is 510 g/mol. The molecule has 0 saturated carbocycles. The lowest BCUT2D eigenvalue weighted by Crippen LogP contribution is -2.35. The molecule has 1 N–H and O–H groups in total. The van der Waals surface area contributed by atoms with Gasteiger partial charge in [0.15, 0.2) is 0 Å². The molecule has 2 heterocycles. The molecule has 2 aromatic carbocycles. The second-order valence-corrected chi connectivity index (χ2v) is 10.3. The van der Waals surface area contributed by atoms with Gasteiger partial charge in [-0.2, -0.15) is 0 Å². The van der Waals surface area contributed by atoms with E-state index >= 15 is 0 Å². The molecule has 6 nitrogen and oxygen atoms in total. The molecule has 0 radical (unpaired) electrons. The summed E-state index contributed by atoms with van der Waals surface area (Å²) in [5.41, 5.74) is 3.41. The normalized spacial score (nSPS) is 14.9. The number of carbonyl (C=O) groups is 1. The van der Waals surface area contributed by atoms with E-state index in [1.165, 1.54) is 23.9 Å². The Morgan fingerprint density at radius 2 is 1.92 bits per heavy atom. The maximum Gasteiger partial charge on any atom is 0.220 e. The first-order valence-electron chi connectivity index (χ1n) is 13.4. The summed E-state index contributed by atoms with van der Waals surface area (Å²) in [5.74, 6) is 2.62. The van der Waals surface area contributed by atoms with E-state index in [9.17, 15) is 4.79 Å². The van der Waals surface area contributed by atoms with Crippen LogP contribution >= 0.6 is 11.6 Å². The number of carbonyl (C=O) groups excluding carboxylic acids is 1. The van der Waals surface area contributed by atoms with E-state index in [4.69, 9.17) is 21.3 Å². The SMILES string of the molecule is CCCNC(=O)CCC1CCN(CCCn2c(COc3ccc(Cl)cc3)nc3c(C)cccc32)CC1. The van der Waals surface area contributed by atoms with Crippen molar-refractivity contribution < 1.29 is 9.53 Å². The molecule has 7 heteroatoms. The number of imidazole rings is 1. The van der Waals surface area contributed by atoms with Crippen molar-refractivity contribution in [3.05, 3.63) is 58.9 Å². The number of amides is 1. The van der Waals surface area contributed by atoms with Gasteiger partial charge in [0.25, 0.3) is 0 Å². The zero-order chi connectivity index (χ0) is 25.3. The van der Waals surface area contributed by atoms with E-state index in [-0.39, 0.29) is 5.91 Å². The Kier molecular flexibility index (Phi) is 9.65. The highest BCUT2D eigenvalue weighted by Gasteiger charge is 2.20. The smallest absolute Gasteiger partial charge is 0.220 e. The number of ether oxygens (including phenoxy) is 1. The zero-order valence-electron chi connectivity index (χ0n) is 21.6. The number of nitrogens with one attached hydrogen (secondary N) is 1. The molecular weight excluding hydrogens is 472 g/mol. The van der Waals surface area contributed by atoms with Gasteiger partial charge in [0.1, 0.15) is 18.2 Å². The minimum atomic E-state index is 0.206. The maximum absolute atomic E-state index is 11.9. The summed E-state index contributed by atoms with van der Waals surface area (Å²) in [7, 11) is 0. The lowest BCUT2D eigenvalue weighted by Gasteiger charge is -2.32. The Hall–Kier alpha value is -2.57. The van der Waals surface area contributed by atoms with Gasteiger partial charge >= 0.3 is 0 Å². The van der Waals surface area contributed by atoms with Gasteiger partial charge in [-0.3, -0.25) is 4.79 Å². The van der Waals surface area contributed by atoms with Crippen LogP contribution in [0.2, 0.25) is 5.02 Å². The average Bonchev–Trinajstić information content (AvgIpc) is 3.25. The van der Waals surface area contributed by atoms with Crippen LogP contribution in [-0.4, -0.2) is 46.5 Å². The predicted molar refractivity (Wildman–Crippen MR) is 147 cm³/mol. The van der Waals surface area contributed by atoms with E-state index in [1.54, 1.807) is 0 Å². The average molecular weight is 511 g/mol. The number of para-hydroxylation sites is 1.